The van der Waals surface area contributed by atoms with E-state index < -0.39 is 0 Å². The van der Waals surface area contributed by atoms with Gasteiger partial charge in [0.2, 0.25) is 0 Å². The highest BCUT2D eigenvalue weighted by atomic mass is 35.5. The van der Waals surface area contributed by atoms with Crippen LogP contribution < -0.4 is 10.1 Å². The van der Waals surface area contributed by atoms with Crippen molar-refractivity contribution in [1.82, 2.24) is 0 Å². The topological polar surface area (TPSA) is 56.8 Å². The lowest BCUT2D eigenvalue weighted by Crippen LogP contribution is -2.21. The molecule has 0 spiro atoms. The molecule has 1 heterocycles. The van der Waals surface area contributed by atoms with Crippen LogP contribution >= 0.6 is 23.8 Å². The molecule has 1 saturated heterocycles. The molecular weight excluding hydrogens is 446 g/mol. The molecule has 0 bridgehead atoms. The second-order valence-corrected chi connectivity index (χ2v) is 8.89. The van der Waals surface area contributed by atoms with Crippen LogP contribution in [0.4, 0.5) is 5.69 Å². The summed E-state index contributed by atoms with van der Waals surface area (Å²) in [5.41, 5.74) is 4.44. The maximum absolute atomic E-state index is 11.6. The minimum atomic E-state index is -0.307. The van der Waals surface area contributed by atoms with E-state index in [0.29, 0.717) is 28.4 Å². The highest BCUT2D eigenvalue weighted by Crippen LogP contribution is 2.28. The third-order valence-corrected chi connectivity index (χ3v) is 6.21. The van der Waals surface area contributed by atoms with Crippen LogP contribution in [0.5, 0.6) is 5.75 Å². The average molecular weight is 476 g/mol. The van der Waals surface area contributed by atoms with Crippen LogP contribution in [0.25, 0.3) is 0 Å². The number of carbonyl (C=O) groups excluding carboxylic acids is 1. The number of thiocarbonyl (C=S) groups is 1. The monoisotopic (exact) mass is 475 g/mol. The van der Waals surface area contributed by atoms with E-state index in [9.17, 15) is 4.79 Å². The Morgan fingerprint density at radius 1 is 1.22 bits per heavy atom. The summed E-state index contributed by atoms with van der Waals surface area (Å²) in [6.07, 6.45) is 4.89. The molecule has 2 aromatic carbocycles. The van der Waals surface area contributed by atoms with Crippen molar-refractivity contribution in [3.8, 4) is 5.75 Å². The lowest BCUT2D eigenvalue weighted by Gasteiger charge is -2.22. The summed E-state index contributed by atoms with van der Waals surface area (Å²) < 4.78 is 16.5. The summed E-state index contributed by atoms with van der Waals surface area (Å²) >= 11 is 12.0. The second-order valence-electron chi connectivity index (χ2n) is 8.08. The minimum Gasteiger partial charge on any atom is -0.493 e. The molecule has 2 aromatic rings. The fourth-order valence-electron chi connectivity index (χ4n) is 3.91. The Kier molecular flexibility index (Phi) is 8.91. The van der Waals surface area contributed by atoms with Gasteiger partial charge in [0.1, 0.15) is 10.7 Å². The zero-order valence-electron chi connectivity index (χ0n) is 18.8. The number of benzene rings is 2. The number of hydrogen-bond acceptors (Lipinski definition) is 5. The number of esters is 1. The summed E-state index contributed by atoms with van der Waals surface area (Å²) in [5.74, 6) is 0.527. The fraction of sp³-hybridized carbons (Fsp3) is 0.440. The number of carbonyl (C=O) groups is 1. The quantitative estimate of drug-likeness (QED) is 0.384. The van der Waals surface area contributed by atoms with Crippen LogP contribution in [0.1, 0.15) is 47.9 Å². The van der Waals surface area contributed by atoms with Crippen molar-refractivity contribution in [2.45, 2.75) is 52.1 Å². The average Bonchev–Trinajstić information content (AvgIpc) is 2.76. The van der Waals surface area contributed by atoms with Crippen molar-refractivity contribution >= 4 is 40.5 Å². The Balaban J connectivity index is 1.66. The van der Waals surface area contributed by atoms with Gasteiger partial charge in [0.25, 0.3) is 0 Å². The molecule has 32 heavy (non-hydrogen) atoms. The fourth-order valence-corrected chi connectivity index (χ4v) is 4.51. The number of nitrogens with one attached hydrogen (secondary N) is 1. The highest BCUT2D eigenvalue weighted by Gasteiger charge is 2.16. The van der Waals surface area contributed by atoms with Gasteiger partial charge < -0.3 is 19.5 Å². The van der Waals surface area contributed by atoms with Gasteiger partial charge in [-0.05, 0) is 74.1 Å². The van der Waals surface area contributed by atoms with E-state index in [2.05, 4.69) is 5.32 Å². The van der Waals surface area contributed by atoms with Gasteiger partial charge in [0.15, 0.2) is 0 Å². The molecule has 0 unspecified atom stereocenters. The first-order valence-electron chi connectivity index (χ1n) is 10.9. The van der Waals surface area contributed by atoms with Crippen LogP contribution in [-0.2, 0) is 20.7 Å². The van der Waals surface area contributed by atoms with Gasteiger partial charge in [0.05, 0.1) is 37.0 Å². The normalized spacial score (nSPS) is 15.8. The second kappa shape index (κ2) is 11.6. The maximum Gasteiger partial charge on any atom is 0.309 e. The van der Waals surface area contributed by atoms with Crippen molar-refractivity contribution in [3.63, 3.8) is 0 Å². The Hall–Kier alpha value is -2.15. The molecule has 0 radical (unpaired) electrons. The molecule has 1 aliphatic rings. The first kappa shape index (κ1) is 24.5. The van der Waals surface area contributed by atoms with E-state index >= 15 is 0 Å². The van der Waals surface area contributed by atoms with Crippen LogP contribution in [0.2, 0.25) is 5.02 Å². The number of hydrogen-bond donors (Lipinski definition) is 1. The van der Waals surface area contributed by atoms with Gasteiger partial charge in [-0.2, -0.15) is 0 Å². The maximum atomic E-state index is 11.6. The molecule has 172 valence electrons. The molecule has 0 saturated carbocycles. The SMILES string of the molecule is COC(=O)Cc1ccc(Cl)c(NC(=S)c2c(C)cc(OCC[C@H]3CCCCO3)cc2C)c1. The van der Waals surface area contributed by atoms with Gasteiger partial charge in [-0.3, -0.25) is 4.79 Å². The standard InChI is InChI=1S/C25H30ClNO4S/c1-16-12-20(31-11-9-19-6-4-5-10-30-19)13-17(2)24(16)25(32)27-22-14-18(7-8-21(22)26)15-23(28)29-3/h7-8,12-14,19H,4-6,9-11,15H2,1-3H3,(H,27,32)/t19-/m1/s1. The number of halogens is 1. The number of rotatable bonds is 8. The van der Waals surface area contributed by atoms with E-state index in [4.69, 9.17) is 38.0 Å². The van der Waals surface area contributed by atoms with E-state index in [-0.39, 0.29) is 12.4 Å². The molecule has 1 atom stereocenters. The van der Waals surface area contributed by atoms with Crippen molar-refractivity contribution in [2.24, 2.45) is 0 Å². The third-order valence-electron chi connectivity index (χ3n) is 5.57. The van der Waals surface area contributed by atoms with Crippen LogP contribution in [-0.4, -0.2) is 37.4 Å². The zero-order valence-corrected chi connectivity index (χ0v) is 20.4. The summed E-state index contributed by atoms with van der Waals surface area (Å²) in [7, 11) is 1.37. The van der Waals surface area contributed by atoms with Crippen LogP contribution in [0.15, 0.2) is 30.3 Å². The minimum absolute atomic E-state index is 0.172. The molecule has 7 heteroatoms. The smallest absolute Gasteiger partial charge is 0.309 e. The predicted molar refractivity (Wildman–Crippen MR) is 132 cm³/mol. The van der Waals surface area contributed by atoms with Crippen molar-refractivity contribution in [2.75, 3.05) is 25.6 Å². The van der Waals surface area contributed by atoms with E-state index in [1.807, 2.05) is 32.0 Å². The molecule has 5 nitrogen and oxygen atoms in total. The Morgan fingerprint density at radius 3 is 2.62 bits per heavy atom. The van der Waals surface area contributed by atoms with Gasteiger partial charge in [-0.25, -0.2) is 0 Å². The first-order chi connectivity index (χ1) is 15.4. The zero-order chi connectivity index (χ0) is 23.1. The van der Waals surface area contributed by atoms with Crippen molar-refractivity contribution in [1.29, 1.82) is 0 Å². The first-order valence-corrected chi connectivity index (χ1v) is 11.7. The van der Waals surface area contributed by atoms with Gasteiger partial charge in [0, 0.05) is 18.6 Å². The molecule has 3 rings (SSSR count). The largest absolute Gasteiger partial charge is 0.493 e. The predicted octanol–water partition coefficient (Wildman–Crippen LogP) is 5.80. The van der Waals surface area contributed by atoms with Crippen LogP contribution in [0, 0.1) is 13.8 Å². The van der Waals surface area contributed by atoms with Crippen molar-refractivity contribution < 1.29 is 19.0 Å². The summed E-state index contributed by atoms with van der Waals surface area (Å²) in [4.78, 5) is 12.2. The summed E-state index contributed by atoms with van der Waals surface area (Å²) in [5, 5.41) is 3.76. The van der Waals surface area contributed by atoms with E-state index in [1.165, 1.54) is 13.5 Å². The van der Waals surface area contributed by atoms with Gasteiger partial charge in [-0.1, -0.05) is 29.9 Å². The Labute approximate surface area is 200 Å². The lowest BCUT2D eigenvalue weighted by molar-refractivity contribution is -0.139. The summed E-state index contributed by atoms with van der Waals surface area (Å²) in [6.45, 7) is 5.53. The van der Waals surface area contributed by atoms with E-state index in [1.54, 1.807) is 12.1 Å². The number of ether oxygens (including phenoxy) is 3. The number of aryl methyl sites for hydroxylation is 2. The van der Waals surface area contributed by atoms with Gasteiger partial charge in [-0.15, -0.1) is 0 Å². The molecular formula is C25H30ClNO4S. The van der Waals surface area contributed by atoms with E-state index in [0.717, 1.165) is 53.9 Å². The van der Waals surface area contributed by atoms with Gasteiger partial charge >= 0.3 is 5.97 Å². The molecule has 0 amide bonds. The Bertz CT molecular complexity index is 949. The molecule has 0 aliphatic carbocycles. The Morgan fingerprint density at radius 2 is 1.97 bits per heavy atom. The van der Waals surface area contributed by atoms with Crippen molar-refractivity contribution in [3.05, 3.63) is 57.6 Å². The lowest BCUT2D eigenvalue weighted by atomic mass is 10.0. The molecule has 1 aliphatic heterocycles. The molecule has 1 N–H and O–H groups in total. The number of methoxy groups -OCH3 is 1. The third kappa shape index (κ3) is 6.67. The molecule has 0 aromatic heterocycles. The van der Waals surface area contributed by atoms with Crippen LogP contribution in [0.3, 0.4) is 0 Å². The number of anilines is 1. The summed E-state index contributed by atoms with van der Waals surface area (Å²) in [6, 6.07) is 9.38. The highest BCUT2D eigenvalue weighted by molar-refractivity contribution is 7.81. The molecule has 1 fully saturated rings.